The van der Waals surface area contributed by atoms with Crippen LogP contribution in [-0.4, -0.2) is 49.3 Å². The van der Waals surface area contributed by atoms with Gasteiger partial charge in [-0.1, -0.05) is 32.8 Å². The van der Waals surface area contributed by atoms with E-state index in [4.69, 9.17) is 4.74 Å². The second-order valence-corrected chi connectivity index (χ2v) is 11.7. The molecule has 0 spiro atoms. The summed E-state index contributed by atoms with van der Waals surface area (Å²) in [6.07, 6.45) is 5.65. The highest BCUT2D eigenvalue weighted by Gasteiger charge is 2.35. The van der Waals surface area contributed by atoms with E-state index in [1.54, 1.807) is 12.1 Å². The van der Waals surface area contributed by atoms with Crippen LogP contribution >= 0.6 is 0 Å². The van der Waals surface area contributed by atoms with E-state index in [-0.39, 0.29) is 17.2 Å². The molecule has 1 saturated heterocycles. The van der Waals surface area contributed by atoms with Crippen molar-refractivity contribution in [2.24, 2.45) is 5.92 Å². The first-order chi connectivity index (χ1) is 16.0. The molecule has 1 amide bonds. The van der Waals surface area contributed by atoms with Crippen LogP contribution in [0.3, 0.4) is 0 Å². The minimum absolute atomic E-state index is 0.0543. The van der Waals surface area contributed by atoms with Gasteiger partial charge in [0.2, 0.25) is 5.91 Å². The summed E-state index contributed by atoms with van der Waals surface area (Å²) >= 11 is 0. The number of sulfone groups is 1. The molecule has 1 aliphatic heterocycles. The van der Waals surface area contributed by atoms with Gasteiger partial charge in [-0.15, -0.1) is 0 Å². The molecule has 0 radical (unpaired) electrons. The van der Waals surface area contributed by atoms with Crippen molar-refractivity contribution < 1.29 is 23.1 Å². The van der Waals surface area contributed by atoms with Crippen molar-refractivity contribution in [1.82, 2.24) is 4.90 Å². The highest BCUT2D eigenvalue weighted by molar-refractivity contribution is 7.90. The zero-order valence-electron chi connectivity index (χ0n) is 20.7. The summed E-state index contributed by atoms with van der Waals surface area (Å²) in [6, 6.07) is 12.0. The van der Waals surface area contributed by atoms with Gasteiger partial charge in [0, 0.05) is 19.3 Å². The molecule has 6 nitrogen and oxygen atoms in total. The minimum atomic E-state index is -3.26. The number of aryl methyl sites for hydroxylation is 1. The first-order valence-electron chi connectivity index (χ1n) is 12.1. The maximum Gasteiger partial charge on any atom is 0.226 e. The molecule has 1 aliphatic rings. The molecule has 0 aliphatic carbocycles. The summed E-state index contributed by atoms with van der Waals surface area (Å²) in [5.74, 6) is 1.72. The number of aliphatic hydroxyl groups is 1. The van der Waals surface area contributed by atoms with Crippen molar-refractivity contribution in [3.63, 3.8) is 0 Å². The quantitative estimate of drug-likeness (QED) is 0.543. The number of benzene rings is 2. The van der Waals surface area contributed by atoms with Crippen LogP contribution in [0.1, 0.15) is 57.1 Å². The molecule has 0 saturated carbocycles. The number of piperidine rings is 1. The molecular weight excluding hydrogens is 450 g/mol. The van der Waals surface area contributed by atoms with Gasteiger partial charge in [-0.2, -0.15) is 0 Å². The van der Waals surface area contributed by atoms with Gasteiger partial charge in [0.25, 0.3) is 0 Å². The SMILES string of the molecule is CCC(CC)CC1(O)CCN(C(=O)Cc2cc(C)cc(Oc3ccc(S(C)(=O)=O)cc3)c2)CC1. The molecule has 0 unspecified atom stereocenters. The predicted molar refractivity (Wildman–Crippen MR) is 134 cm³/mol. The van der Waals surface area contributed by atoms with Crippen LogP contribution in [-0.2, 0) is 21.1 Å². The summed E-state index contributed by atoms with van der Waals surface area (Å²) in [6.45, 7) is 7.45. The van der Waals surface area contributed by atoms with E-state index in [9.17, 15) is 18.3 Å². The van der Waals surface area contributed by atoms with E-state index < -0.39 is 15.4 Å². The Bertz CT molecular complexity index is 1080. The Labute approximate surface area is 203 Å². The van der Waals surface area contributed by atoms with Gasteiger partial charge in [-0.3, -0.25) is 4.79 Å². The van der Waals surface area contributed by atoms with Crippen LogP contribution in [0.25, 0.3) is 0 Å². The average molecular weight is 488 g/mol. The summed E-state index contributed by atoms with van der Waals surface area (Å²) in [5.41, 5.74) is 1.18. The van der Waals surface area contributed by atoms with Crippen LogP contribution < -0.4 is 4.74 Å². The molecule has 7 heteroatoms. The van der Waals surface area contributed by atoms with Crippen molar-refractivity contribution in [2.45, 2.75) is 69.8 Å². The van der Waals surface area contributed by atoms with E-state index in [0.29, 0.717) is 43.3 Å². The summed E-state index contributed by atoms with van der Waals surface area (Å²) in [7, 11) is -3.26. The Kier molecular flexibility index (Phi) is 8.42. The zero-order valence-corrected chi connectivity index (χ0v) is 21.5. The normalized spacial score (nSPS) is 16.0. The van der Waals surface area contributed by atoms with Gasteiger partial charge in [-0.25, -0.2) is 8.42 Å². The van der Waals surface area contributed by atoms with E-state index in [0.717, 1.165) is 30.4 Å². The van der Waals surface area contributed by atoms with Gasteiger partial charge in [0.1, 0.15) is 11.5 Å². The predicted octanol–water partition coefficient (Wildman–Crippen LogP) is 4.91. The number of likely N-dealkylation sites (tertiary alicyclic amines) is 1. The lowest BCUT2D eigenvalue weighted by Crippen LogP contribution is -2.47. The summed E-state index contributed by atoms with van der Waals surface area (Å²) in [4.78, 5) is 15.1. The zero-order chi connectivity index (χ0) is 24.9. The standard InChI is InChI=1S/C27H37NO5S/c1-5-21(6-2)19-27(30)11-13-28(14-12-27)26(29)18-22-15-20(3)16-24(17-22)33-23-7-9-25(10-8-23)34(4,31)32/h7-10,15-17,21,30H,5-6,11-14,18-19H2,1-4H3. The highest BCUT2D eigenvalue weighted by Crippen LogP contribution is 2.32. The Hall–Kier alpha value is -2.38. The second kappa shape index (κ2) is 10.9. The molecule has 1 fully saturated rings. The molecule has 2 aromatic rings. The molecule has 1 heterocycles. The summed E-state index contributed by atoms with van der Waals surface area (Å²) < 4.78 is 29.2. The Morgan fingerprint density at radius 2 is 1.68 bits per heavy atom. The molecule has 0 aromatic heterocycles. The van der Waals surface area contributed by atoms with E-state index >= 15 is 0 Å². The Morgan fingerprint density at radius 3 is 2.24 bits per heavy atom. The number of nitrogens with zero attached hydrogens (tertiary/aromatic N) is 1. The Balaban J connectivity index is 1.61. The number of rotatable bonds is 9. The van der Waals surface area contributed by atoms with Gasteiger partial charge in [-0.05, 0) is 79.6 Å². The molecule has 0 bridgehead atoms. The lowest BCUT2D eigenvalue weighted by Gasteiger charge is -2.40. The second-order valence-electron chi connectivity index (χ2n) is 9.67. The van der Waals surface area contributed by atoms with Crippen molar-refractivity contribution >= 4 is 15.7 Å². The maximum absolute atomic E-state index is 13.0. The number of ether oxygens (including phenoxy) is 1. The average Bonchev–Trinajstić information content (AvgIpc) is 2.77. The molecule has 1 N–H and O–H groups in total. The van der Waals surface area contributed by atoms with Crippen LogP contribution in [0.15, 0.2) is 47.4 Å². The van der Waals surface area contributed by atoms with Crippen LogP contribution in [0, 0.1) is 12.8 Å². The maximum atomic E-state index is 13.0. The fourth-order valence-corrected chi connectivity index (χ4v) is 5.28. The van der Waals surface area contributed by atoms with Gasteiger partial charge >= 0.3 is 0 Å². The summed E-state index contributed by atoms with van der Waals surface area (Å²) in [5, 5.41) is 11.0. The molecular formula is C27H37NO5S. The lowest BCUT2D eigenvalue weighted by molar-refractivity contribution is -0.135. The smallest absolute Gasteiger partial charge is 0.226 e. The molecule has 3 rings (SSSR count). The molecule has 2 aromatic carbocycles. The van der Waals surface area contributed by atoms with Crippen LogP contribution in [0.2, 0.25) is 0 Å². The molecule has 0 atom stereocenters. The third-order valence-electron chi connectivity index (χ3n) is 6.82. The fraction of sp³-hybridized carbons (Fsp3) is 0.519. The Morgan fingerprint density at radius 1 is 1.06 bits per heavy atom. The van der Waals surface area contributed by atoms with Crippen molar-refractivity contribution in [3.8, 4) is 11.5 Å². The first kappa shape index (κ1) is 26.2. The van der Waals surface area contributed by atoms with Gasteiger partial charge in [0.05, 0.1) is 16.9 Å². The number of carbonyl (C=O) groups is 1. The van der Waals surface area contributed by atoms with Gasteiger partial charge < -0.3 is 14.7 Å². The van der Waals surface area contributed by atoms with Crippen LogP contribution in [0.5, 0.6) is 11.5 Å². The third-order valence-corrected chi connectivity index (χ3v) is 7.95. The molecule has 34 heavy (non-hydrogen) atoms. The fourth-order valence-electron chi connectivity index (χ4n) is 4.65. The number of carbonyl (C=O) groups excluding carboxylic acids is 1. The van der Waals surface area contributed by atoms with E-state index in [1.165, 1.54) is 18.4 Å². The number of hydrogen-bond donors (Lipinski definition) is 1. The van der Waals surface area contributed by atoms with Crippen molar-refractivity contribution in [2.75, 3.05) is 19.3 Å². The van der Waals surface area contributed by atoms with Gasteiger partial charge in [0.15, 0.2) is 9.84 Å². The highest BCUT2D eigenvalue weighted by atomic mass is 32.2. The van der Waals surface area contributed by atoms with Crippen molar-refractivity contribution in [3.05, 3.63) is 53.6 Å². The third kappa shape index (κ3) is 7.06. The monoisotopic (exact) mass is 487 g/mol. The lowest BCUT2D eigenvalue weighted by atomic mass is 9.81. The number of hydrogen-bond acceptors (Lipinski definition) is 5. The topological polar surface area (TPSA) is 83.9 Å². The van der Waals surface area contributed by atoms with E-state index in [2.05, 4.69) is 13.8 Å². The minimum Gasteiger partial charge on any atom is -0.457 e. The van der Waals surface area contributed by atoms with Crippen molar-refractivity contribution in [1.29, 1.82) is 0 Å². The first-order valence-corrected chi connectivity index (χ1v) is 14.0. The molecule has 186 valence electrons. The van der Waals surface area contributed by atoms with E-state index in [1.807, 2.05) is 30.0 Å². The van der Waals surface area contributed by atoms with Crippen LogP contribution in [0.4, 0.5) is 0 Å². The largest absolute Gasteiger partial charge is 0.457 e. The number of amides is 1.